The summed E-state index contributed by atoms with van der Waals surface area (Å²) in [6.45, 7) is 5.35. The third-order valence-electron chi connectivity index (χ3n) is 4.95. The van der Waals surface area contributed by atoms with E-state index >= 15 is 0 Å². The molecule has 1 aromatic carbocycles. The summed E-state index contributed by atoms with van der Waals surface area (Å²) < 4.78 is 0. The number of aromatic amines is 1. The molecule has 4 rings (SSSR count). The molecule has 7 heteroatoms. The van der Waals surface area contributed by atoms with E-state index in [9.17, 15) is 5.11 Å². The first-order valence-electron chi connectivity index (χ1n) is 8.50. The standard InChI is InChI=1S/C19H22N4O.ClH.H2O/c1-11-9-14(7-8-20-11)19-21-10-16-18(23-19)12(2)17(22-16)13-3-5-15(24)6-4-13;;/h3-6,10-11,14,20,24H,7-9H2,1-2H3,(H,21,23);1H;1H2. The van der Waals surface area contributed by atoms with Gasteiger partial charge < -0.3 is 20.9 Å². The summed E-state index contributed by atoms with van der Waals surface area (Å²) in [5.74, 6) is 1.80. The number of hydrogen-bond acceptors (Lipinski definition) is 4. The summed E-state index contributed by atoms with van der Waals surface area (Å²) in [6.07, 6.45) is 4.09. The average molecular weight is 377 g/mol. The van der Waals surface area contributed by atoms with Crippen molar-refractivity contribution in [3.63, 3.8) is 0 Å². The highest BCUT2D eigenvalue weighted by Crippen LogP contribution is 2.34. The molecule has 0 aromatic heterocycles. The first-order chi connectivity index (χ1) is 11.6. The van der Waals surface area contributed by atoms with Crippen LogP contribution in [0.25, 0.3) is 22.6 Å². The minimum atomic E-state index is 0. The largest absolute Gasteiger partial charge is 0.508 e. The van der Waals surface area contributed by atoms with E-state index < -0.39 is 0 Å². The summed E-state index contributed by atoms with van der Waals surface area (Å²) in [7, 11) is 0. The van der Waals surface area contributed by atoms with Crippen LogP contribution < -0.4 is 5.32 Å². The zero-order valence-electron chi connectivity index (χ0n) is 14.9. The summed E-state index contributed by atoms with van der Waals surface area (Å²) in [4.78, 5) is 12.9. The molecule has 3 aliphatic rings. The highest BCUT2D eigenvalue weighted by atomic mass is 35.5. The van der Waals surface area contributed by atoms with Gasteiger partial charge in [0.15, 0.2) is 0 Å². The SMILES string of the molecule is Cc1c(-c2ccc(O)cc2)nc2cnc(C3CCNC(C)C3)[nH]c1-2.Cl.O. The van der Waals surface area contributed by atoms with Crippen molar-refractivity contribution in [3.8, 4) is 28.4 Å². The molecule has 1 fully saturated rings. The Morgan fingerprint density at radius 2 is 1.92 bits per heavy atom. The van der Waals surface area contributed by atoms with Gasteiger partial charge in [-0.3, -0.25) is 0 Å². The van der Waals surface area contributed by atoms with Crippen LogP contribution in [0, 0.1) is 6.92 Å². The van der Waals surface area contributed by atoms with Crippen molar-refractivity contribution in [2.24, 2.45) is 0 Å². The molecule has 140 valence electrons. The van der Waals surface area contributed by atoms with Gasteiger partial charge in [-0.2, -0.15) is 0 Å². The number of H-pyrrole nitrogens is 1. The maximum atomic E-state index is 9.47. The van der Waals surface area contributed by atoms with Crippen LogP contribution in [0.5, 0.6) is 5.75 Å². The smallest absolute Gasteiger partial charge is 0.115 e. The number of nitrogens with one attached hydrogen (secondary N) is 2. The van der Waals surface area contributed by atoms with E-state index in [1.165, 1.54) is 0 Å². The Bertz CT molecular complexity index is 834. The predicted octanol–water partition coefficient (Wildman–Crippen LogP) is 3.04. The number of piperidine rings is 1. The molecule has 0 aliphatic carbocycles. The minimum absolute atomic E-state index is 0. The first-order valence-corrected chi connectivity index (χ1v) is 8.50. The Balaban J connectivity index is 0.00000121. The van der Waals surface area contributed by atoms with Crippen molar-refractivity contribution in [2.45, 2.75) is 38.6 Å². The van der Waals surface area contributed by atoms with Crippen LogP contribution in [0.4, 0.5) is 0 Å². The number of phenols is 1. The maximum Gasteiger partial charge on any atom is 0.115 e. The van der Waals surface area contributed by atoms with Crippen molar-refractivity contribution in [1.29, 1.82) is 0 Å². The van der Waals surface area contributed by atoms with Crippen molar-refractivity contribution >= 4 is 12.4 Å². The lowest BCUT2D eigenvalue weighted by Gasteiger charge is -2.27. The molecule has 3 heterocycles. The number of rotatable bonds is 2. The van der Waals surface area contributed by atoms with E-state index in [2.05, 4.69) is 29.1 Å². The lowest BCUT2D eigenvalue weighted by Crippen LogP contribution is -2.35. The topological polar surface area (TPSA) is 105 Å². The van der Waals surface area contributed by atoms with E-state index in [4.69, 9.17) is 4.98 Å². The maximum absolute atomic E-state index is 9.47. The van der Waals surface area contributed by atoms with Crippen LogP contribution in [0.2, 0.25) is 0 Å². The predicted molar refractivity (Wildman–Crippen MR) is 105 cm³/mol. The zero-order valence-corrected chi connectivity index (χ0v) is 15.7. The van der Waals surface area contributed by atoms with Gasteiger partial charge >= 0.3 is 0 Å². The number of phenolic OH excluding ortho intramolecular Hbond substituents is 1. The molecule has 2 atom stereocenters. The monoisotopic (exact) mass is 376 g/mol. The van der Waals surface area contributed by atoms with E-state index in [0.717, 1.165) is 53.4 Å². The van der Waals surface area contributed by atoms with Crippen molar-refractivity contribution < 1.29 is 10.6 Å². The van der Waals surface area contributed by atoms with Gasteiger partial charge in [-0.15, -0.1) is 12.4 Å². The second kappa shape index (κ2) is 8.03. The lowest BCUT2D eigenvalue weighted by molar-refractivity contribution is 0.371. The van der Waals surface area contributed by atoms with Crippen LogP contribution >= 0.6 is 12.4 Å². The van der Waals surface area contributed by atoms with Crippen LogP contribution in [-0.4, -0.2) is 38.1 Å². The van der Waals surface area contributed by atoms with Gasteiger partial charge in [0.1, 0.15) is 17.3 Å². The Kier molecular flexibility index (Phi) is 6.23. The van der Waals surface area contributed by atoms with Gasteiger partial charge in [0, 0.05) is 23.1 Å². The molecule has 0 saturated carbocycles. The number of aromatic nitrogens is 3. The average Bonchev–Trinajstić information content (AvgIpc) is 2.92. The number of hydrogen-bond donors (Lipinski definition) is 3. The Labute approximate surface area is 159 Å². The Morgan fingerprint density at radius 1 is 1.19 bits per heavy atom. The first kappa shape index (κ1) is 20.2. The van der Waals surface area contributed by atoms with Crippen LogP contribution in [0.15, 0.2) is 30.5 Å². The van der Waals surface area contributed by atoms with Crippen LogP contribution in [0.1, 0.15) is 37.1 Å². The molecule has 6 nitrogen and oxygen atoms in total. The van der Waals surface area contributed by atoms with E-state index in [1.807, 2.05) is 18.3 Å². The molecule has 0 spiro atoms. The number of fused-ring (bicyclic) bond motifs is 1. The van der Waals surface area contributed by atoms with Gasteiger partial charge in [-0.25, -0.2) is 9.97 Å². The molecule has 1 saturated heterocycles. The molecular weight excluding hydrogens is 352 g/mol. The van der Waals surface area contributed by atoms with Gasteiger partial charge in [0.05, 0.1) is 17.6 Å². The number of aromatic hydroxyl groups is 1. The van der Waals surface area contributed by atoms with Crippen molar-refractivity contribution in [1.82, 2.24) is 20.3 Å². The Hall–Kier alpha value is -2.15. The number of benzene rings is 1. The van der Waals surface area contributed by atoms with E-state index in [0.29, 0.717) is 12.0 Å². The molecule has 0 amide bonds. The summed E-state index contributed by atoms with van der Waals surface area (Å²) in [5, 5.41) is 13.0. The molecule has 0 bridgehead atoms. The Morgan fingerprint density at radius 3 is 2.62 bits per heavy atom. The third kappa shape index (κ3) is 3.67. The second-order valence-electron chi connectivity index (χ2n) is 6.74. The summed E-state index contributed by atoms with van der Waals surface area (Å²) in [5.41, 5.74) is 5.03. The molecule has 3 aliphatic heterocycles. The molecule has 1 aromatic rings. The molecule has 5 N–H and O–H groups in total. The summed E-state index contributed by atoms with van der Waals surface area (Å²) in [6, 6.07) is 7.70. The fourth-order valence-corrected chi connectivity index (χ4v) is 3.60. The fourth-order valence-electron chi connectivity index (χ4n) is 3.60. The number of nitrogens with zero attached hydrogens (tertiary/aromatic N) is 2. The van der Waals surface area contributed by atoms with Crippen LogP contribution in [0.3, 0.4) is 0 Å². The number of halogens is 1. The molecule has 2 unspecified atom stereocenters. The van der Waals surface area contributed by atoms with Crippen LogP contribution in [-0.2, 0) is 0 Å². The quantitative estimate of drug-likeness (QED) is 0.639. The van der Waals surface area contributed by atoms with Crippen molar-refractivity contribution in [2.75, 3.05) is 6.54 Å². The van der Waals surface area contributed by atoms with Crippen molar-refractivity contribution in [3.05, 3.63) is 41.9 Å². The molecule has 26 heavy (non-hydrogen) atoms. The lowest BCUT2D eigenvalue weighted by atomic mass is 9.92. The van der Waals surface area contributed by atoms with E-state index in [-0.39, 0.29) is 23.6 Å². The van der Waals surface area contributed by atoms with E-state index in [1.54, 1.807) is 12.1 Å². The normalized spacial score (nSPS) is 19.6. The highest BCUT2D eigenvalue weighted by Gasteiger charge is 2.24. The van der Waals surface area contributed by atoms with Gasteiger partial charge in [-0.1, -0.05) is 0 Å². The van der Waals surface area contributed by atoms with Gasteiger partial charge in [0.25, 0.3) is 0 Å². The second-order valence-corrected chi connectivity index (χ2v) is 6.74. The molecular formula is C19H25ClN4O2. The minimum Gasteiger partial charge on any atom is -0.508 e. The third-order valence-corrected chi connectivity index (χ3v) is 4.95. The van der Waals surface area contributed by atoms with Gasteiger partial charge in [-0.05, 0) is 57.5 Å². The summed E-state index contributed by atoms with van der Waals surface area (Å²) >= 11 is 0. The fraction of sp³-hybridized carbons (Fsp3) is 0.368. The highest BCUT2D eigenvalue weighted by molar-refractivity contribution is 5.85. The zero-order chi connectivity index (χ0) is 16.7. The van der Waals surface area contributed by atoms with Gasteiger partial charge in [0.2, 0.25) is 0 Å². The molecule has 0 radical (unpaired) electrons.